The number of rotatable bonds is 4. The van der Waals surface area contributed by atoms with E-state index in [1.807, 2.05) is 24.3 Å². The van der Waals surface area contributed by atoms with Gasteiger partial charge in [-0.05, 0) is 36.0 Å². The Balaban J connectivity index is 2.28. The van der Waals surface area contributed by atoms with Crippen molar-refractivity contribution >= 4 is 23.2 Å². The third kappa shape index (κ3) is 2.56. The van der Waals surface area contributed by atoms with Crippen molar-refractivity contribution in [3.8, 4) is 0 Å². The molecule has 1 aromatic carbocycles. The van der Waals surface area contributed by atoms with Crippen LogP contribution in [0.3, 0.4) is 0 Å². The number of ether oxygens (including phenoxy) is 1. The van der Waals surface area contributed by atoms with Gasteiger partial charge in [-0.15, -0.1) is 6.58 Å². The lowest BCUT2D eigenvalue weighted by molar-refractivity contribution is 0.149. The maximum atomic E-state index is 5.45. The van der Waals surface area contributed by atoms with Crippen molar-refractivity contribution in [1.29, 1.82) is 0 Å². The molecule has 1 heterocycles. The Morgan fingerprint density at radius 1 is 1.31 bits per heavy atom. The van der Waals surface area contributed by atoms with Crippen molar-refractivity contribution in [2.24, 2.45) is 0 Å². The van der Waals surface area contributed by atoms with Crippen LogP contribution in [0.1, 0.15) is 5.56 Å². The van der Waals surface area contributed by atoms with Gasteiger partial charge in [0.05, 0.1) is 13.2 Å². The second kappa shape index (κ2) is 5.05. The van der Waals surface area contributed by atoms with Crippen LogP contribution in [0, 0.1) is 4.71 Å². The Kier molecular flexibility index (Phi) is 3.49. The molecule has 0 radical (unpaired) electrons. The average Bonchev–Trinajstić information content (AvgIpc) is 2.29. The molecule has 0 unspecified atom stereocenters. The van der Waals surface area contributed by atoms with E-state index in [9.17, 15) is 0 Å². The van der Waals surface area contributed by atoms with E-state index >= 15 is 0 Å². The predicted octanol–water partition coefficient (Wildman–Crippen LogP) is 3.86. The molecule has 0 atom stereocenters. The molecule has 0 N–H and O–H groups in total. The van der Waals surface area contributed by atoms with Gasteiger partial charge in [0.15, 0.2) is 4.71 Å². The lowest BCUT2D eigenvalue weighted by atomic mass is 10.1. The zero-order chi connectivity index (χ0) is 11.4. The third-order valence-corrected chi connectivity index (χ3v) is 2.41. The molecule has 2 rings (SSSR count). The van der Waals surface area contributed by atoms with Gasteiger partial charge < -0.3 is 9.15 Å². The van der Waals surface area contributed by atoms with E-state index in [0.29, 0.717) is 17.9 Å². The fraction of sp³-hybridized carbons (Fsp3) is 0.154. The molecule has 2 nitrogen and oxygen atoms in total. The summed E-state index contributed by atoms with van der Waals surface area (Å²) in [6.45, 7) is 4.70. The summed E-state index contributed by atoms with van der Waals surface area (Å²) in [5.41, 5.74) is 1.87. The molecule has 0 saturated carbocycles. The highest BCUT2D eigenvalue weighted by Crippen LogP contribution is 2.16. The fourth-order valence-corrected chi connectivity index (χ4v) is 1.61. The highest BCUT2D eigenvalue weighted by molar-refractivity contribution is 7.71. The molecule has 1 aromatic heterocycles. The van der Waals surface area contributed by atoms with E-state index in [1.165, 1.54) is 0 Å². The first-order valence-corrected chi connectivity index (χ1v) is 5.42. The van der Waals surface area contributed by atoms with Crippen molar-refractivity contribution in [3.63, 3.8) is 0 Å². The molecule has 2 aromatic rings. The van der Waals surface area contributed by atoms with Crippen LogP contribution in [-0.4, -0.2) is 6.61 Å². The monoisotopic (exact) mass is 232 g/mol. The van der Waals surface area contributed by atoms with E-state index in [-0.39, 0.29) is 0 Å². The topological polar surface area (TPSA) is 22.4 Å². The van der Waals surface area contributed by atoms with Crippen molar-refractivity contribution in [2.45, 2.75) is 6.61 Å². The van der Waals surface area contributed by atoms with Crippen LogP contribution in [-0.2, 0) is 11.3 Å². The molecule has 0 spiro atoms. The zero-order valence-electron chi connectivity index (χ0n) is 8.81. The van der Waals surface area contributed by atoms with Gasteiger partial charge in [0, 0.05) is 5.39 Å². The maximum Gasteiger partial charge on any atom is 0.190 e. The Morgan fingerprint density at radius 3 is 2.94 bits per heavy atom. The van der Waals surface area contributed by atoms with Gasteiger partial charge in [-0.2, -0.15) is 0 Å². The quantitative estimate of drug-likeness (QED) is 0.454. The normalized spacial score (nSPS) is 10.5. The second-order valence-corrected chi connectivity index (χ2v) is 3.83. The predicted molar refractivity (Wildman–Crippen MR) is 66.9 cm³/mol. The van der Waals surface area contributed by atoms with Crippen molar-refractivity contribution < 1.29 is 9.15 Å². The minimum atomic E-state index is 0.497. The first kappa shape index (κ1) is 11.0. The first-order valence-electron chi connectivity index (χ1n) is 5.01. The van der Waals surface area contributed by atoms with Crippen molar-refractivity contribution in [2.75, 3.05) is 6.61 Å². The molecular weight excluding hydrogens is 220 g/mol. The highest BCUT2D eigenvalue weighted by Gasteiger charge is 1.98. The molecule has 0 bridgehead atoms. The summed E-state index contributed by atoms with van der Waals surface area (Å²) in [6.07, 6.45) is 1.73. The van der Waals surface area contributed by atoms with Gasteiger partial charge >= 0.3 is 0 Å². The molecule has 0 saturated heterocycles. The van der Waals surface area contributed by atoms with Crippen LogP contribution in [0.4, 0.5) is 0 Å². The SMILES string of the molecule is C=CCOCc1ccc2ccc(=S)oc2c1. The van der Waals surface area contributed by atoms with E-state index < -0.39 is 0 Å². The number of fused-ring (bicyclic) bond motifs is 1. The second-order valence-electron chi connectivity index (χ2n) is 3.43. The number of hydrogen-bond donors (Lipinski definition) is 0. The average molecular weight is 232 g/mol. The van der Waals surface area contributed by atoms with Crippen LogP contribution in [0.15, 0.2) is 47.4 Å². The molecule has 0 aliphatic rings. The Bertz CT molecular complexity index is 557. The molecule has 0 aliphatic carbocycles. The lowest BCUT2D eigenvalue weighted by Crippen LogP contribution is -1.92. The molecule has 0 fully saturated rings. The smallest absolute Gasteiger partial charge is 0.190 e. The summed E-state index contributed by atoms with van der Waals surface area (Å²) in [6, 6.07) is 9.71. The largest absolute Gasteiger partial charge is 0.445 e. The molecule has 16 heavy (non-hydrogen) atoms. The van der Waals surface area contributed by atoms with Crippen LogP contribution in [0.25, 0.3) is 11.0 Å². The Hall–Kier alpha value is -1.45. The number of benzene rings is 1. The van der Waals surface area contributed by atoms with E-state index in [1.54, 1.807) is 12.1 Å². The molecule has 82 valence electrons. The fourth-order valence-electron chi connectivity index (χ4n) is 1.45. The van der Waals surface area contributed by atoms with Gasteiger partial charge in [-0.3, -0.25) is 0 Å². The summed E-state index contributed by atoms with van der Waals surface area (Å²) >= 11 is 4.98. The highest BCUT2D eigenvalue weighted by atomic mass is 32.1. The maximum absolute atomic E-state index is 5.45. The van der Waals surface area contributed by atoms with Crippen molar-refractivity contribution in [1.82, 2.24) is 0 Å². The van der Waals surface area contributed by atoms with Crippen LogP contribution >= 0.6 is 12.2 Å². The molecule has 0 amide bonds. The van der Waals surface area contributed by atoms with Crippen LogP contribution in [0.5, 0.6) is 0 Å². The third-order valence-electron chi connectivity index (χ3n) is 2.19. The van der Waals surface area contributed by atoms with E-state index in [2.05, 4.69) is 6.58 Å². The van der Waals surface area contributed by atoms with Gasteiger partial charge in [0.25, 0.3) is 0 Å². The standard InChI is InChI=1S/C13H12O2S/c1-2-7-14-9-10-3-4-11-5-6-13(16)15-12(11)8-10/h2-6,8H,1,7,9H2. The van der Waals surface area contributed by atoms with Gasteiger partial charge in [0.2, 0.25) is 0 Å². The minimum Gasteiger partial charge on any atom is -0.445 e. The summed E-state index contributed by atoms with van der Waals surface area (Å²) < 4.78 is 11.3. The van der Waals surface area contributed by atoms with Crippen LogP contribution < -0.4 is 0 Å². The van der Waals surface area contributed by atoms with Gasteiger partial charge in [0.1, 0.15) is 5.58 Å². The van der Waals surface area contributed by atoms with Crippen LogP contribution in [0.2, 0.25) is 0 Å². The summed E-state index contributed by atoms with van der Waals surface area (Å²) in [5, 5.41) is 1.04. The molecule has 0 aliphatic heterocycles. The first-order chi connectivity index (χ1) is 7.79. The summed E-state index contributed by atoms with van der Waals surface area (Å²) in [7, 11) is 0. The lowest BCUT2D eigenvalue weighted by Gasteiger charge is -2.03. The van der Waals surface area contributed by atoms with Crippen molar-refractivity contribution in [3.05, 3.63) is 53.3 Å². The Labute approximate surface area is 99.2 Å². The molecular formula is C13H12O2S. The van der Waals surface area contributed by atoms with E-state index in [4.69, 9.17) is 21.4 Å². The molecule has 3 heteroatoms. The van der Waals surface area contributed by atoms with E-state index in [0.717, 1.165) is 16.5 Å². The number of hydrogen-bond acceptors (Lipinski definition) is 3. The minimum absolute atomic E-state index is 0.497. The summed E-state index contributed by atoms with van der Waals surface area (Å²) in [5.74, 6) is 0. The Morgan fingerprint density at radius 2 is 2.12 bits per heavy atom. The summed E-state index contributed by atoms with van der Waals surface area (Å²) in [4.78, 5) is 0. The van der Waals surface area contributed by atoms with Gasteiger partial charge in [-0.1, -0.05) is 18.2 Å². The van der Waals surface area contributed by atoms with Gasteiger partial charge in [-0.25, -0.2) is 0 Å². The zero-order valence-corrected chi connectivity index (χ0v) is 9.63.